The number of nitrogens with zero attached hydrogens (tertiary/aromatic N) is 6. The van der Waals surface area contributed by atoms with E-state index in [-0.39, 0.29) is 0 Å². The second-order valence-corrected chi connectivity index (χ2v) is 7.22. The highest BCUT2D eigenvalue weighted by Crippen LogP contribution is 2.31. The maximum atomic E-state index is 9.73. The number of hydrogen-bond acceptors (Lipinski definition) is 7. The molecule has 1 fully saturated rings. The number of para-hydroxylation sites is 1. The van der Waals surface area contributed by atoms with Crippen LogP contribution in [-0.2, 0) is 0 Å². The third-order valence-electron chi connectivity index (χ3n) is 4.43. The lowest BCUT2D eigenvalue weighted by Gasteiger charge is -2.32. The van der Waals surface area contributed by atoms with Gasteiger partial charge in [0.2, 0.25) is 5.95 Å². The maximum Gasteiger partial charge on any atom is 0.225 e. The highest BCUT2D eigenvalue weighted by atomic mass is 32.1. The first-order valence-electron chi connectivity index (χ1n) is 8.26. The molecule has 7 heteroatoms. The average molecular weight is 350 g/mol. The summed E-state index contributed by atoms with van der Waals surface area (Å²) in [7, 11) is 2.12. The van der Waals surface area contributed by atoms with Gasteiger partial charge < -0.3 is 9.80 Å². The number of benzene rings is 1. The van der Waals surface area contributed by atoms with Crippen LogP contribution in [0.15, 0.2) is 36.5 Å². The van der Waals surface area contributed by atoms with E-state index in [1.54, 1.807) is 17.5 Å². The molecule has 1 unspecified atom stereocenters. The van der Waals surface area contributed by atoms with Gasteiger partial charge in [0, 0.05) is 32.4 Å². The Labute approximate surface area is 150 Å². The number of nitriles is 1. The number of aromatic nitrogens is 3. The SMILES string of the molecule is CN1CCN(c2nccc(C(C#N)c3nc4ccccc4s3)n2)CC1. The van der Waals surface area contributed by atoms with Gasteiger partial charge >= 0.3 is 0 Å². The summed E-state index contributed by atoms with van der Waals surface area (Å²) >= 11 is 1.55. The zero-order valence-corrected chi connectivity index (χ0v) is 14.8. The molecule has 0 amide bonds. The Balaban J connectivity index is 1.65. The van der Waals surface area contributed by atoms with Gasteiger partial charge in [0.15, 0.2) is 0 Å². The van der Waals surface area contributed by atoms with Crippen LogP contribution in [0.5, 0.6) is 0 Å². The lowest BCUT2D eigenvalue weighted by Crippen LogP contribution is -2.45. The van der Waals surface area contributed by atoms with Gasteiger partial charge in [-0.05, 0) is 25.2 Å². The Kier molecular flexibility index (Phi) is 4.30. The van der Waals surface area contributed by atoms with Gasteiger partial charge in [-0.1, -0.05) is 12.1 Å². The van der Waals surface area contributed by atoms with Crippen molar-refractivity contribution in [2.45, 2.75) is 5.92 Å². The van der Waals surface area contributed by atoms with E-state index in [2.05, 4.69) is 37.9 Å². The Hall–Kier alpha value is -2.56. The largest absolute Gasteiger partial charge is 0.338 e. The van der Waals surface area contributed by atoms with E-state index in [1.165, 1.54) is 0 Å². The van der Waals surface area contributed by atoms with Gasteiger partial charge in [-0.3, -0.25) is 0 Å². The number of anilines is 1. The fraction of sp³-hybridized carbons (Fsp3) is 0.333. The van der Waals surface area contributed by atoms with Gasteiger partial charge in [0.25, 0.3) is 0 Å². The molecule has 6 nitrogen and oxygen atoms in total. The predicted octanol–water partition coefficient (Wildman–Crippen LogP) is 2.49. The van der Waals surface area contributed by atoms with Crippen molar-refractivity contribution in [1.82, 2.24) is 19.9 Å². The fourth-order valence-electron chi connectivity index (χ4n) is 2.94. The number of hydrogen-bond donors (Lipinski definition) is 0. The van der Waals surface area contributed by atoms with E-state index >= 15 is 0 Å². The van der Waals surface area contributed by atoms with Crippen LogP contribution in [-0.4, -0.2) is 53.1 Å². The molecule has 0 N–H and O–H groups in total. The van der Waals surface area contributed by atoms with E-state index in [9.17, 15) is 5.26 Å². The summed E-state index contributed by atoms with van der Waals surface area (Å²) in [5.74, 6) is 0.235. The quantitative estimate of drug-likeness (QED) is 0.723. The standard InChI is InChI=1S/C18H18N6S/c1-23-8-10-24(11-9-23)18-20-7-6-14(22-18)13(12-19)17-21-15-4-2-3-5-16(15)25-17/h2-7,13H,8-11H2,1H3. The minimum atomic E-state index is -0.466. The molecule has 4 rings (SSSR count). The van der Waals surface area contributed by atoms with Gasteiger partial charge in [0.05, 0.1) is 22.0 Å². The molecule has 0 aliphatic carbocycles. The van der Waals surface area contributed by atoms with E-state index in [1.807, 2.05) is 30.3 Å². The van der Waals surface area contributed by atoms with Crippen molar-refractivity contribution in [2.24, 2.45) is 0 Å². The first-order chi connectivity index (χ1) is 12.2. The first-order valence-corrected chi connectivity index (χ1v) is 9.08. The Bertz CT molecular complexity index is 889. The second kappa shape index (κ2) is 6.75. The molecule has 1 atom stereocenters. The number of thiazole rings is 1. The molecule has 1 aliphatic rings. The monoisotopic (exact) mass is 350 g/mol. The molecule has 126 valence electrons. The summed E-state index contributed by atoms with van der Waals surface area (Å²) in [6.45, 7) is 3.79. The number of piperazine rings is 1. The molecule has 25 heavy (non-hydrogen) atoms. The third-order valence-corrected chi connectivity index (χ3v) is 5.53. The second-order valence-electron chi connectivity index (χ2n) is 6.15. The number of fused-ring (bicyclic) bond motifs is 1. The summed E-state index contributed by atoms with van der Waals surface area (Å²) in [5, 5.41) is 10.5. The van der Waals surface area contributed by atoms with Crippen LogP contribution in [0.2, 0.25) is 0 Å². The first kappa shape index (κ1) is 15.9. The highest BCUT2D eigenvalue weighted by Gasteiger charge is 2.22. The minimum Gasteiger partial charge on any atom is -0.338 e. The van der Waals surface area contributed by atoms with E-state index < -0.39 is 5.92 Å². The summed E-state index contributed by atoms with van der Waals surface area (Å²) in [6, 6.07) is 12.1. The summed E-state index contributed by atoms with van der Waals surface area (Å²) in [5.41, 5.74) is 1.64. The Morgan fingerprint density at radius 1 is 1.12 bits per heavy atom. The zero-order chi connectivity index (χ0) is 17.2. The molecular weight excluding hydrogens is 332 g/mol. The average Bonchev–Trinajstić information content (AvgIpc) is 3.07. The van der Waals surface area contributed by atoms with Gasteiger partial charge in [-0.2, -0.15) is 5.26 Å². The van der Waals surface area contributed by atoms with Crippen LogP contribution in [0, 0.1) is 11.3 Å². The van der Waals surface area contributed by atoms with Crippen molar-refractivity contribution in [3.8, 4) is 6.07 Å². The zero-order valence-electron chi connectivity index (χ0n) is 14.0. The third kappa shape index (κ3) is 3.18. The van der Waals surface area contributed by atoms with Crippen molar-refractivity contribution in [2.75, 3.05) is 38.1 Å². The van der Waals surface area contributed by atoms with Crippen LogP contribution in [0.3, 0.4) is 0 Å². The van der Waals surface area contributed by atoms with Crippen molar-refractivity contribution < 1.29 is 0 Å². The van der Waals surface area contributed by atoms with E-state index in [0.717, 1.165) is 41.4 Å². The van der Waals surface area contributed by atoms with Crippen LogP contribution in [0.4, 0.5) is 5.95 Å². The molecule has 0 spiro atoms. The van der Waals surface area contributed by atoms with Gasteiger partial charge in [-0.25, -0.2) is 15.0 Å². The number of rotatable bonds is 3. The molecule has 1 aromatic carbocycles. The molecule has 1 saturated heterocycles. The van der Waals surface area contributed by atoms with Crippen LogP contribution in [0.1, 0.15) is 16.6 Å². The van der Waals surface area contributed by atoms with Crippen molar-refractivity contribution in [1.29, 1.82) is 5.26 Å². The summed E-state index contributed by atoms with van der Waals surface area (Å²) in [6.07, 6.45) is 1.74. The lowest BCUT2D eigenvalue weighted by molar-refractivity contribution is 0.311. The molecule has 3 heterocycles. The molecule has 0 saturated carbocycles. The molecular formula is C18H18N6S. The summed E-state index contributed by atoms with van der Waals surface area (Å²) < 4.78 is 1.09. The minimum absolute atomic E-state index is 0.466. The molecule has 0 bridgehead atoms. The normalized spacial score (nSPS) is 16.7. The van der Waals surface area contributed by atoms with Crippen LogP contribution < -0.4 is 4.90 Å². The van der Waals surface area contributed by atoms with Gasteiger partial charge in [-0.15, -0.1) is 11.3 Å². The van der Waals surface area contributed by atoms with Crippen molar-refractivity contribution in [3.05, 3.63) is 47.2 Å². The van der Waals surface area contributed by atoms with Crippen molar-refractivity contribution >= 4 is 27.5 Å². The lowest BCUT2D eigenvalue weighted by atomic mass is 10.1. The Morgan fingerprint density at radius 3 is 2.68 bits per heavy atom. The number of likely N-dealkylation sites (N-methyl/N-ethyl adjacent to an activating group) is 1. The van der Waals surface area contributed by atoms with E-state index in [0.29, 0.717) is 11.6 Å². The van der Waals surface area contributed by atoms with Gasteiger partial charge in [0.1, 0.15) is 10.9 Å². The topological polar surface area (TPSA) is 68.9 Å². The molecule has 3 aromatic rings. The van der Waals surface area contributed by atoms with Crippen molar-refractivity contribution in [3.63, 3.8) is 0 Å². The van der Waals surface area contributed by atoms with Crippen LogP contribution >= 0.6 is 11.3 Å². The smallest absolute Gasteiger partial charge is 0.225 e. The fourth-order valence-corrected chi connectivity index (χ4v) is 3.97. The highest BCUT2D eigenvalue weighted by molar-refractivity contribution is 7.18. The Morgan fingerprint density at radius 2 is 1.92 bits per heavy atom. The van der Waals surface area contributed by atoms with E-state index in [4.69, 9.17) is 0 Å². The maximum absolute atomic E-state index is 9.73. The van der Waals surface area contributed by atoms with Crippen LogP contribution in [0.25, 0.3) is 10.2 Å². The summed E-state index contributed by atoms with van der Waals surface area (Å²) in [4.78, 5) is 18.2. The predicted molar refractivity (Wildman–Crippen MR) is 98.8 cm³/mol. The molecule has 0 radical (unpaired) electrons. The molecule has 1 aliphatic heterocycles. The molecule has 2 aromatic heterocycles.